The Morgan fingerprint density at radius 3 is 2.70 bits per heavy atom. The van der Waals surface area contributed by atoms with Gasteiger partial charge in [-0.15, -0.1) is 0 Å². The van der Waals surface area contributed by atoms with Crippen molar-refractivity contribution in [3.63, 3.8) is 0 Å². The standard InChI is InChI=1S/C4H8N2O4/c7-2-1-5-3(8)6-4(9)10/h1,4,7,9-10H,2H2,(H,6,8). The van der Waals surface area contributed by atoms with E-state index in [2.05, 4.69) is 4.99 Å². The second-order valence-electron chi connectivity index (χ2n) is 1.32. The van der Waals surface area contributed by atoms with Crippen molar-refractivity contribution in [1.82, 2.24) is 5.32 Å². The Labute approximate surface area is 56.8 Å². The molecule has 0 saturated heterocycles. The van der Waals surface area contributed by atoms with Gasteiger partial charge in [0, 0.05) is 6.21 Å². The second-order valence-corrected chi connectivity index (χ2v) is 1.32. The molecule has 4 N–H and O–H groups in total. The largest absolute Gasteiger partial charge is 0.391 e. The number of aliphatic imine (C=N–C) groups is 1. The molecule has 0 spiro atoms. The number of hydrogen-bond acceptors (Lipinski definition) is 4. The van der Waals surface area contributed by atoms with Gasteiger partial charge in [-0.1, -0.05) is 0 Å². The SMILES string of the molecule is O=C(N=CCO)NC(O)O. The van der Waals surface area contributed by atoms with Gasteiger partial charge in [0.2, 0.25) is 6.41 Å². The molecule has 0 aliphatic rings. The molecule has 0 bridgehead atoms. The number of carbonyl (C=O) groups is 1. The summed E-state index contributed by atoms with van der Waals surface area (Å²) < 4.78 is 0. The third kappa shape index (κ3) is 5.16. The van der Waals surface area contributed by atoms with Crippen molar-refractivity contribution in [3.8, 4) is 0 Å². The first-order valence-electron chi connectivity index (χ1n) is 2.47. The second kappa shape index (κ2) is 4.86. The van der Waals surface area contributed by atoms with E-state index >= 15 is 0 Å². The van der Waals surface area contributed by atoms with Gasteiger partial charge in [0.1, 0.15) is 0 Å². The molecule has 6 heteroatoms. The lowest BCUT2D eigenvalue weighted by molar-refractivity contribution is -0.0547. The number of aliphatic hydroxyl groups excluding tert-OH is 2. The van der Waals surface area contributed by atoms with Crippen LogP contribution < -0.4 is 5.32 Å². The fourth-order valence-corrected chi connectivity index (χ4v) is 0.271. The van der Waals surface area contributed by atoms with Gasteiger partial charge in [-0.05, 0) is 0 Å². The number of aliphatic hydroxyl groups is 3. The summed E-state index contributed by atoms with van der Waals surface area (Å²) in [6.07, 6.45) is -0.985. The van der Waals surface area contributed by atoms with Crippen LogP contribution in [0.4, 0.5) is 4.79 Å². The van der Waals surface area contributed by atoms with Gasteiger partial charge in [0.05, 0.1) is 6.61 Å². The van der Waals surface area contributed by atoms with Crippen molar-refractivity contribution >= 4 is 12.2 Å². The maximum absolute atomic E-state index is 10.3. The highest BCUT2D eigenvalue weighted by molar-refractivity contribution is 5.83. The van der Waals surface area contributed by atoms with Crippen molar-refractivity contribution in [1.29, 1.82) is 0 Å². The molecule has 0 aromatic heterocycles. The third-order valence-electron chi connectivity index (χ3n) is 0.543. The number of rotatable bonds is 2. The number of amides is 2. The molecule has 0 heterocycles. The Balaban J connectivity index is 3.54. The summed E-state index contributed by atoms with van der Waals surface area (Å²) in [7, 11) is 0. The van der Waals surface area contributed by atoms with Crippen molar-refractivity contribution in [2.75, 3.05) is 6.61 Å². The number of nitrogens with one attached hydrogen (secondary N) is 1. The lowest BCUT2D eigenvalue weighted by Gasteiger charge is -2.00. The van der Waals surface area contributed by atoms with Gasteiger partial charge in [-0.2, -0.15) is 0 Å². The van der Waals surface area contributed by atoms with E-state index in [0.29, 0.717) is 0 Å². The first kappa shape index (κ1) is 9.02. The van der Waals surface area contributed by atoms with Crippen LogP contribution in [0.25, 0.3) is 0 Å². The predicted octanol–water partition coefficient (Wildman–Crippen LogP) is -1.97. The van der Waals surface area contributed by atoms with Crippen molar-refractivity contribution in [2.45, 2.75) is 6.41 Å². The van der Waals surface area contributed by atoms with Gasteiger partial charge < -0.3 is 15.3 Å². The average Bonchev–Trinajstić information content (AvgIpc) is 1.82. The van der Waals surface area contributed by atoms with E-state index in [1.54, 1.807) is 5.32 Å². The van der Waals surface area contributed by atoms with Crippen molar-refractivity contribution in [3.05, 3.63) is 0 Å². The van der Waals surface area contributed by atoms with Crippen LogP contribution in [0.3, 0.4) is 0 Å². The fourth-order valence-electron chi connectivity index (χ4n) is 0.271. The van der Waals surface area contributed by atoms with Gasteiger partial charge in [-0.25, -0.2) is 9.79 Å². The van der Waals surface area contributed by atoms with Gasteiger partial charge in [-0.3, -0.25) is 5.32 Å². The zero-order valence-electron chi connectivity index (χ0n) is 5.06. The zero-order chi connectivity index (χ0) is 7.98. The topological polar surface area (TPSA) is 102 Å². The molecule has 0 aromatic rings. The molecule has 6 nitrogen and oxygen atoms in total. The minimum absolute atomic E-state index is 0.366. The fraction of sp³-hybridized carbons (Fsp3) is 0.500. The minimum atomic E-state index is -1.91. The number of urea groups is 1. The van der Waals surface area contributed by atoms with E-state index in [9.17, 15) is 4.79 Å². The van der Waals surface area contributed by atoms with Crippen LogP contribution in [0.1, 0.15) is 0 Å². The maximum Gasteiger partial charge on any atom is 0.344 e. The van der Waals surface area contributed by atoms with Crippen LogP contribution in [0.5, 0.6) is 0 Å². The van der Waals surface area contributed by atoms with E-state index < -0.39 is 12.4 Å². The molecule has 0 unspecified atom stereocenters. The molecule has 0 aromatic carbocycles. The molecule has 58 valence electrons. The smallest absolute Gasteiger partial charge is 0.344 e. The molecule has 0 fully saturated rings. The van der Waals surface area contributed by atoms with Crippen molar-refractivity contribution in [2.24, 2.45) is 4.99 Å². The highest BCUT2D eigenvalue weighted by atomic mass is 16.5. The van der Waals surface area contributed by atoms with E-state index in [4.69, 9.17) is 15.3 Å². The maximum atomic E-state index is 10.3. The molecule has 0 aliphatic carbocycles. The summed E-state index contributed by atoms with van der Waals surface area (Å²) in [5.41, 5.74) is 0. The first-order chi connectivity index (χ1) is 4.66. The first-order valence-corrected chi connectivity index (χ1v) is 2.47. The van der Waals surface area contributed by atoms with Crippen LogP contribution in [-0.2, 0) is 0 Å². The molecule has 0 atom stereocenters. The van der Waals surface area contributed by atoms with Gasteiger partial charge >= 0.3 is 6.03 Å². The zero-order valence-corrected chi connectivity index (χ0v) is 5.06. The quantitative estimate of drug-likeness (QED) is 0.269. The highest BCUT2D eigenvalue weighted by Gasteiger charge is 1.99. The Morgan fingerprint density at radius 2 is 2.30 bits per heavy atom. The molecule has 0 rings (SSSR count). The van der Waals surface area contributed by atoms with Crippen molar-refractivity contribution < 1.29 is 20.1 Å². The van der Waals surface area contributed by atoms with E-state index in [0.717, 1.165) is 6.21 Å². The molecular weight excluding hydrogens is 140 g/mol. The summed E-state index contributed by atoms with van der Waals surface area (Å²) in [5.74, 6) is 0. The summed E-state index contributed by atoms with van der Waals surface area (Å²) in [4.78, 5) is 13.3. The van der Waals surface area contributed by atoms with Crippen LogP contribution in [0.2, 0.25) is 0 Å². The van der Waals surface area contributed by atoms with Crippen LogP contribution >= 0.6 is 0 Å². The van der Waals surface area contributed by atoms with Crippen LogP contribution in [0.15, 0.2) is 4.99 Å². The monoisotopic (exact) mass is 148 g/mol. The number of nitrogens with zero attached hydrogens (tertiary/aromatic N) is 1. The molecule has 0 radical (unpaired) electrons. The average molecular weight is 148 g/mol. The Morgan fingerprint density at radius 1 is 1.70 bits per heavy atom. The summed E-state index contributed by atoms with van der Waals surface area (Å²) >= 11 is 0. The lowest BCUT2D eigenvalue weighted by Crippen LogP contribution is -2.32. The van der Waals surface area contributed by atoms with E-state index in [1.165, 1.54) is 0 Å². The number of hydrogen-bond donors (Lipinski definition) is 4. The third-order valence-corrected chi connectivity index (χ3v) is 0.543. The van der Waals surface area contributed by atoms with Crippen LogP contribution in [0, 0.1) is 0 Å². The minimum Gasteiger partial charge on any atom is -0.391 e. The summed E-state index contributed by atoms with van der Waals surface area (Å²) in [6, 6.07) is -0.913. The van der Waals surface area contributed by atoms with Gasteiger partial charge in [0.15, 0.2) is 0 Å². The summed E-state index contributed by atoms with van der Waals surface area (Å²) in [6.45, 7) is -0.366. The van der Waals surface area contributed by atoms with E-state index in [1.807, 2.05) is 0 Å². The normalized spacial score (nSPS) is 10.8. The molecule has 10 heavy (non-hydrogen) atoms. The van der Waals surface area contributed by atoms with Gasteiger partial charge in [0.25, 0.3) is 0 Å². The predicted molar refractivity (Wildman–Crippen MR) is 32.3 cm³/mol. The molecular formula is C4H8N2O4. The lowest BCUT2D eigenvalue weighted by atomic mass is 10.8. The molecule has 2 amide bonds. The van der Waals surface area contributed by atoms with E-state index in [-0.39, 0.29) is 6.61 Å². The Bertz CT molecular complexity index is 133. The summed E-state index contributed by atoms with van der Waals surface area (Å²) in [5, 5.41) is 26.0. The highest BCUT2D eigenvalue weighted by Crippen LogP contribution is 1.73. The Kier molecular flexibility index (Phi) is 4.38. The number of carbonyl (C=O) groups excluding carboxylic acids is 1. The molecule has 0 saturated carbocycles. The molecule has 0 aliphatic heterocycles. The van der Waals surface area contributed by atoms with Crippen LogP contribution in [-0.4, -0.2) is 40.6 Å². The Hall–Kier alpha value is -0.980.